The normalized spacial score (nSPS) is 26.0. The predicted octanol–water partition coefficient (Wildman–Crippen LogP) is 1.33. The molecule has 0 amide bonds. The maximum absolute atomic E-state index is 3.37. The van der Waals surface area contributed by atoms with Gasteiger partial charge < -0.3 is 10.2 Å². The molecule has 0 saturated carbocycles. The van der Waals surface area contributed by atoms with Crippen LogP contribution in [0, 0.1) is 5.92 Å². The van der Waals surface area contributed by atoms with Gasteiger partial charge >= 0.3 is 0 Å². The second kappa shape index (κ2) is 5.55. The van der Waals surface area contributed by atoms with Gasteiger partial charge in [0.15, 0.2) is 0 Å². The van der Waals surface area contributed by atoms with Gasteiger partial charge in [-0.05, 0) is 31.8 Å². The summed E-state index contributed by atoms with van der Waals surface area (Å²) in [5.41, 5.74) is 0. The molecule has 0 aromatic heterocycles. The number of piperidine rings is 1. The van der Waals surface area contributed by atoms with E-state index in [0.29, 0.717) is 0 Å². The van der Waals surface area contributed by atoms with E-state index in [1.807, 2.05) is 0 Å². The summed E-state index contributed by atoms with van der Waals surface area (Å²) >= 11 is 0. The fourth-order valence-corrected chi connectivity index (χ4v) is 1.90. The quantitative estimate of drug-likeness (QED) is 0.640. The second-order valence-electron chi connectivity index (χ2n) is 3.90. The van der Waals surface area contributed by atoms with E-state index in [0.717, 1.165) is 19.0 Å². The van der Waals surface area contributed by atoms with Gasteiger partial charge in [0, 0.05) is 19.6 Å². The van der Waals surface area contributed by atoms with Crippen LogP contribution in [0.4, 0.5) is 0 Å². The third kappa shape index (κ3) is 3.55. The van der Waals surface area contributed by atoms with E-state index in [1.54, 1.807) is 0 Å². The van der Waals surface area contributed by atoms with Crippen molar-refractivity contribution < 1.29 is 0 Å². The van der Waals surface area contributed by atoms with Crippen molar-refractivity contribution in [2.24, 2.45) is 5.92 Å². The third-order valence-electron chi connectivity index (χ3n) is 2.60. The van der Waals surface area contributed by atoms with Gasteiger partial charge in [-0.25, -0.2) is 0 Å². The Morgan fingerprint density at radius 1 is 1.50 bits per heavy atom. The molecule has 0 aromatic carbocycles. The SMILES string of the molecule is CCNCCN1CCCC(C)C1. The fourth-order valence-electron chi connectivity index (χ4n) is 1.90. The minimum Gasteiger partial charge on any atom is -0.316 e. The Morgan fingerprint density at radius 3 is 3.00 bits per heavy atom. The highest BCUT2D eigenvalue weighted by Gasteiger charge is 2.14. The first-order chi connectivity index (χ1) is 5.83. The van der Waals surface area contributed by atoms with Crippen LogP contribution >= 0.6 is 0 Å². The molecule has 1 aliphatic heterocycles. The summed E-state index contributed by atoms with van der Waals surface area (Å²) in [6.07, 6.45) is 2.82. The van der Waals surface area contributed by atoms with Gasteiger partial charge in [0.05, 0.1) is 0 Å². The zero-order valence-corrected chi connectivity index (χ0v) is 8.47. The van der Waals surface area contributed by atoms with Gasteiger partial charge in [-0.1, -0.05) is 13.8 Å². The van der Waals surface area contributed by atoms with Crippen LogP contribution in [-0.2, 0) is 0 Å². The molecular formula is C10H22N2. The molecule has 0 aliphatic carbocycles. The van der Waals surface area contributed by atoms with Crippen LogP contribution in [0.2, 0.25) is 0 Å². The molecule has 0 radical (unpaired) electrons. The molecule has 1 aliphatic rings. The summed E-state index contributed by atoms with van der Waals surface area (Å²) in [6, 6.07) is 0. The molecule has 0 spiro atoms. The van der Waals surface area contributed by atoms with Gasteiger partial charge in [0.2, 0.25) is 0 Å². The van der Waals surface area contributed by atoms with E-state index in [1.165, 1.54) is 32.5 Å². The summed E-state index contributed by atoms with van der Waals surface area (Å²) in [5, 5.41) is 3.37. The van der Waals surface area contributed by atoms with Crippen molar-refractivity contribution in [1.29, 1.82) is 0 Å². The molecule has 1 rings (SSSR count). The number of likely N-dealkylation sites (N-methyl/N-ethyl adjacent to an activating group) is 1. The number of hydrogen-bond acceptors (Lipinski definition) is 2. The average molecular weight is 170 g/mol. The van der Waals surface area contributed by atoms with E-state index in [4.69, 9.17) is 0 Å². The summed E-state index contributed by atoms with van der Waals surface area (Å²) in [7, 11) is 0. The highest BCUT2D eigenvalue weighted by atomic mass is 15.1. The maximum atomic E-state index is 3.37. The van der Waals surface area contributed by atoms with Crippen LogP contribution in [0.15, 0.2) is 0 Å². The van der Waals surface area contributed by atoms with Crippen molar-refractivity contribution in [1.82, 2.24) is 10.2 Å². The molecule has 1 saturated heterocycles. The van der Waals surface area contributed by atoms with Crippen molar-refractivity contribution in [3.63, 3.8) is 0 Å². The molecular weight excluding hydrogens is 148 g/mol. The largest absolute Gasteiger partial charge is 0.316 e. The molecule has 1 atom stereocenters. The lowest BCUT2D eigenvalue weighted by molar-refractivity contribution is 0.185. The lowest BCUT2D eigenvalue weighted by Gasteiger charge is -2.30. The Kier molecular flexibility index (Phi) is 4.62. The van der Waals surface area contributed by atoms with E-state index >= 15 is 0 Å². The monoisotopic (exact) mass is 170 g/mol. The van der Waals surface area contributed by atoms with Crippen molar-refractivity contribution >= 4 is 0 Å². The van der Waals surface area contributed by atoms with Gasteiger partial charge in [0.1, 0.15) is 0 Å². The first-order valence-electron chi connectivity index (χ1n) is 5.26. The molecule has 1 heterocycles. The van der Waals surface area contributed by atoms with Crippen LogP contribution in [0.25, 0.3) is 0 Å². The Hall–Kier alpha value is -0.0800. The van der Waals surface area contributed by atoms with Crippen LogP contribution in [0.5, 0.6) is 0 Å². The summed E-state index contributed by atoms with van der Waals surface area (Å²) < 4.78 is 0. The van der Waals surface area contributed by atoms with E-state index in [2.05, 4.69) is 24.1 Å². The molecule has 12 heavy (non-hydrogen) atoms. The van der Waals surface area contributed by atoms with Crippen molar-refractivity contribution in [3.8, 4) is 0 Å². The van der Waals surface area contributed by atoms with E-state index in [-0.39, 0.29) is 0 Å². The minimum absolute atomic E-state index is 0.917. The van der Waals surface area contributed by atoms with Gasteiger partial charge in [-0.15, -0.1) is 0 Å². The Labute approximate surface area is 76.3 Å². The smallest absolute Gasteiger partial charge is 0.0107 e. The highest BCUT2D eigenvalue weighted by Crippen LogP contribution is 2.14. The summed E-state index contributed by atoms with van der Waals surface area (Å²) in [5.74, 6) is 0.917. The maximum Gasteiger partial charge on any atom is 0.0107 e. The predicted molar refractivity (Wildman–Crippen MR) is 53.4 cm³/mol. The summed E-state index contributed by atoms with van der Waals surface area (Å²) in [6.45, 7) is 10.6. The Balaban J connectivity index is 2.06. The first-order valence-corrected chi connectivity index (χ1v) is 5.26. The van der Waals surface area contributed by atoms with Crippen LogP contribution in [-0.4, -0.2) is 37.6 Å². The standard InChI is InChI=1S/C10H22N2/c1-3-11-6-8-12-7-4-5-10(2)9-12/h10-11H,3-9H2,1-2H3. The Morgan fingerprint density at radius 2 is 2.33 bits per heavy atom. The molecule has 1 fully saturated rings. The van der Waals surface area contributed by atoms with Gasteiger partial charge in [0.25, 0.3) is 0 Å². The molecule has 1 N–H and O–H groups in total. The number of likely N-dealkylation sites (tertiary alicyclic amines) is 1. The van der Waals surface area contributed by atoms with Crippen LogP contribution < -0.4 is 5.32 Å². The number of nitrogens with one attached hydrogen (secondary N) is 1. The zero-order chi connectivity index (χ0) is 8.81. The third-order valence-corrected chi connectivity index (χ3v) is 2.60. The highest BCUT2D eigenvalue weighted by molar-refractivity contribution is 4.70. The molecule has 72 valence electrons. The van der Waals surface area contributed by atoms with Gasteiger partial charge in [-0.3, -0.25) is 0 Å². The summed E-state index contributed by atoms with van der Waals surface area (Å²) in [4.78, 5) is 2.58. The first kappa shape index (κ1) is 10.0. The minimum atomic E-state index is 0.917. The van der Waals surface area contributed by atoms with Crippen LogP contribution in [0.3, 0.4) is 0 Å². The van der Waals surface area contributed by atoms with Crippen LogP contribution in [0.1, 0.15) is 26.7 Å². The zero-order valence-electron chi connectivity index (χ0n) is 8.47. The molecule has 1 unspecified atom stereocenters. The molecule has 0 bridgehead atoms. The Bertz CT molecular complexity index is 114. The van der Waals surface area contributed by atoms with Crippen molar-refractivity contribution in [2.75, 3.05) is 32.7 Å². The molecule has 0 aromatic rings. The van der Waals surface area contributed by atoms with Crippen molar-refractivity contribution in [3.05, 3.63) is 0 Å². The van der Waals surface area contributed by atoms with Crippen molar-refractivity contribution in [2.45, 2.75) is 26.7 Å². The number of nitrogens with zero attached hydrogens (tertiary/aromatic N) is 1. The number of hydrogen-bond donors (Lipinski definition) is 1. The average Bonchev–Trinajstić information content (AvgIpc) is 2.05. The lowest BCUT2D eigenvalue weighted by Crippen LogP contribution is -2.38. The number of rotatable bonds is 4. The fraction of sp³-hybridized carbons (Fsp3) is 1.00. The molecule has 2 heteroatoms. The van der Waals surface area contributed by atoms with Gasteiger partial charge in [-0.2, -0.15) is 0 Å². The topological polar surface area (TPSA) is 15.3 Å². The van der Waals surface area contributed by atoms with E-state index in [9.17, 15) is 0 Å². The van der Waals surface area contributed by atoms with E-state index < -0.39 is 0 Å². The lowest BCUT2D eigenvalue weighted by atomic mass is 10.0. The second-order valence-corrected chi connectivity index (χ2v) is 3.90. The molecule has 2 nitrogen and oxygen atoms in total.